The predicted molar refractivity (Wildman–Crippen MR) is 124 cm³/mol. The number of nitrogens with one attached hydrogen (secondary N) is 1. The van der Waals surface area contributed by atoms with Gasteiger partial charge in [0, 0.05) is 29.9 Å². The van der Waals surface area contributed by atoms with Crippen LogP contribution in [0.2, 0.25) is 0 Å². The highest BCUT2D eigenvalue weighted by atomic mass is 16.5. The van der Waals surface area contributed by atoms with Crippen molar-refractivity contribution in [3.05, 3.63) is 76.9 Å². The molecule has 34 heavy (non-hydrogen) atoms. The van der Waals surface area contributed by atoms with Crippen molar-refractivity contribution >= 4 is 17.7 Å². The first-order valence-electron chi connectivity index (χ1n) is 14.3. The van der Waals surface area contributed by atoms with Gasteiger partial charge in [0.25, 0.3) is 5.91 Å². The first-order valence-corrected chi connectivity index (χ1v) is 10.8. The Morgan fingerprint density at radius 2 is 2.06 bits per heavy atom. The van der Waals surface area contributed by atoms with Crippen LogP contribution in [0.15, 0.2) is 54.7 Å². The van der Waals surface area contributed by atoms with Gasteiger partial charge in [-0.05, 0) is 36.1 Å². The minimum atomic E-state index is -2.84. The van der Waals surface area contributed by atoms with E-state index < -0.39 is 60.2 Å². The van der Waals surface area contributed by atoms with Crippen LogP contribution in [0.25, 0.3) is 0 Å². The lowest BCUT2D eigenvalue weighted by molar-refractivity contribution is -0.143. The fourth-order valence-electron chi connectivity index (χ4n) is 4.08. The number of ether oxygens (including phenoxy) is 2. The highest BCUT2D eigenvalue weighted by molar-refractivity contribution is 6.02. The summed E-state index contributed by atoms with van der Waals surface area (Å²) in [6, 6.07) is 2.58. The number of benzene rings is 2. The molecule has 3 aliphatic rings. The van der Waals surface area contributed by atoms with Crippen LogP contribution in [0.4, 0.5) is 0 Å². The number of hydrogen-bond donors (Lipinski definition) is 1. The Morgan fingerprint density at radius 3 is 2.88 bits per heavy atom. The van der Waals surface area contributed by atoms with Crippen LogP contribution >= 0.6 is 0 Å². The third-order valence-electron chi connectivity index (χ3n) is 5.84. The maximum absolute atomic E-state index is 13.2. The van der Waals surface area contributed by atoms with E-state index in [1.165, 1.54) is 23.1 Å². The van der Waals surface area contributed by atoms with Gasteiger partial charge in [0.15, 0.2) is 0 Å². The van der Waals surface area contributed by atoms with Crippen LogP contribution < -0.4 is 10.1 Å². The van der Waals surface area contributed by atoms with Gasteiger partial charge in [0.1, 0.15) is 25.0 Å². The average Bonchev–Trinajstić information content (AvgIpc) is 3.23. The second kappa shape index (κ2) is 9.30. The number of carbonyl (C=O) groups excluding carboxylic acids is 3. The lowest BCUT2D eigenvalue weighted by Gasteiger charge is -2.31. The van der Waals surface area contributed by atoms with Crippen molar-refractivity contribution in [3.8, 4) is 5.75 Å². The molecule has 0 saturated carbocycles. The molecule has 0 spiro atoms. The molecule has 1 unspecified atom stereocenters. The zero-order chi connectivity index (χ0) is 29.9. The molecule has 2 aromatic rings. The molecule has 3 aliphatic heterocycles. The fourth-order valence-corrected chi connectivity index (χ4v) is 4.08. The summed E-state index contributed by atoms with van der Waals surface area (Å²) in [5.41, 5.74) is 0.0837. The van der Waals surface area contributed by atoms with Crippen LogP contribution in [0.3, 0.4) is 0 Å². The van der Waals surface area contributed by atoms with E-state index in [0.29, 0.717) is 24.1 Å². The van der Waals surface area contributed by atoms with Crippen LogP contribution in [-0.4, -0.2) is 53.3 Å². The molecule has 0 aromatic heterocycles. The van der Waals surface area contributed by atoms with Gasteiger partial charge >= 0.3 is 0 Å². The second-order valence-electron chi connectivity index (χ2n) is 8.10. The second-order valence-corrected chi connectivity index (χ2v) is 8.10. The summed E-state index contributed by atoms with van der Waals surface area (Å²) in [4.78, 5) is 40.2. The average molecular weight is 469 g/mol. The summed E-state index contributed by atoms with van der Waals surface area (Å²) < 4.78 is 70.4. The van der Waals surface area contributed by atoms with E-state index in [1.807, 2.05) is 0 Å². The van der Waals surface area contributed by atoms with Crippen molar-refractivity contribution < 1.29 is 33.5 Å². The van der Waals surface area contributed by atoms with E-state index in [9.17, 15) is 14.4 Å². The number of hydrogen-bond acceptors (Lipinski definition) is 5. The van der Waals surface area contributed by atoms with Crippen molar-refractivity contribution in [3.63, 3.8) is 0 Å². The topological polar surface area (TPSA) is 88.2 Å². The molecule has 0 radical (unpaired) electrons. The van der Waals surface area contributed by atoms with Gasteiger partial charge in [-0.25, -0.2) is 0 Å². The molecule has 3 amide bonds. The maximum atomic E-state index is 13.2. The monoisotopic (exact) mass is 468 g/mol. The summed E-state index contributed by atoms with van der Waals surface area (Å²) >= 11 is 0. The van der Waals surface area contributed by atoms with Gasteiger partial charge in [0.05, 0.1) is 22.7 Å². The molecule has 1 N–H and O–H groups in total. The molecule has 0 bridgehead atoms. The molecular formula is C26H27N3O5. The Balaban J connectivity index is 1.46. The zero-order valence-electron chi connectivity index (χ0n) is 25.3. The summed E-state index contributed by atoms with van der Waals surface area (Å²) in [6.07, 6.45) is 0.887. The number of nitrogens with zero attached hydrogens (tertiary/aromatic N) is 2. The van der Waals surface area contributed by atoms with Crippen molar-refractivity contribution in [2.75, 3.05) is 19.8 Å². The number of amides is 3. The Bertz CT molecular complexity index is 1480. The summed E-state index contributed by atoms with van der Waals surface area (Å²) in [5, 5.41) is 2.65. The minimum absolute atomic E-state index is 0.0249. The third kappa shape index (κ3) is 4.41. The largest absolute Gasteiger partial charge is 0.489 e. The number of allylic oxidation sites excluding steroid dienone is 1. The van der Waals surface area contributed by atoms with E-state index in [4.69, 9.17) is 19.1 Å². The van der Waals surface area contributed by atoms with E-state index in [0.717, 1.165) is 11.0 Å². The first kappa shape index (κ1) is 15.3. The van der Waals surface area contributed by atoms with E-state index in [2.05, 4.69) is 11.9 Å². The molecule has 1 atom stereocenters. The maximum Gasteiger partial charge on any atom is 0.255 e. The lowest BCUT2D eigenvalue weighted by atomic mass is 10.0. The third-order valence-corrected chi connectivity index (χ3v) is 5.84. The molecule has 2 aromatic carbocycles. The molecule has 5 rings (SSSR count). The molecule has 2 saturated heterocycles. The molecule has 8 nitrogen and oxygen atoms in total. The van der Waals surface area contributed by atoms with E-state index >= 15 is 0 Å². The zero-order valence-corrected chi connectivity index (χ0v) is 18.3. The van der Waals surface area contributed by atoms with Crippen molar-refractivity contribution in [2.45, 2.75) is 38.5 Å². The smallest absolute Gasteiger partial charge is 0.255 e. The highest BCUT2D eigenvalue weighted by Gasteiger charge is 2.39. The lowest BCUT2D eigenvalue weighted by Crippen LogP contribution is -2.49. The van der Waals surface area contributed by atoms with Gasteiger partial charge in [-0.3, -0.25) is 14.4 Å². The first-order chi connectivity index (χ1) is 19.2. The molecule has 3 heterocycles. The standard InChI is InChI=1S/C26H27N3O5/c1-17-5-10-22(25(31)27-17)29-14-21-20(26(29)32)3-2-4-23(21)34-15-19-8-6-18(7-9-19)13-28-11-12-33-16-24(28)30/h2-4,6-9,22H,1,5,10-16H2,(H,27,31)/i6D,8D,9D,13D2,15D2. The predicted octanol–water partition coefficient (Wildman–Crippen LogP) is 2.37. The van der Waals surface area contributed by atoms with Crippen LogP contribution in [-0.2, 0) is 33.9 Å². The molecule has 0 aliphatic carbocycles. The number of morpholine rings is 1. The number of fused-ring (bicyclic) bond motifs is 1. The normalized spacial score (nSPS) is 24.2. The summed E-state index contributed by atoms with van der Waals surface area (Å²) in [6.45, 7) is -2.01. The van der Waals surface area contributed by atoms with Gasteiger partial charge in [0.2, 0.25) is 11.8 Å². The van der Waals surface area contributed by atoms with Gasteiger partial charge < -0.3 is 24.6 Å². The molecule has 2 fully saturated rings. The van der Waals surface area contributed by atoms with Gasteiger partial charge in [-0.1, -0.05) is 36.8 Å². The number of carbonyl (C=O) groups is 3. The number of piperidine rings is 1. The molecule has 176 valence electrons. The summed E-state index contributed by atoms with van der Waals surface area (Å²) in [7, 11) is 0. The Morgan fingerprint density at radius 1 is 1.21 bits per heavy atom. The fraction of sp³-hybridized carbons (Fsp3) is 0.346. The van der Waals surface area contributed by atoms with Crippen LogP contribution in [0, 0.1) is 0 Å². The van der Waals surface area contributed by atoms with Crippen LogP contribution in [0.1, 0.15) is 49.5 Å². The quantitative estimate of drug-likeness (QED) is 0.703. The van der Waals surface area contributed by atoms with Crippen molar-refractivity contribution in [2.24, 2.45) is 0 Å². The Kier molecular flexibility index (Phi) is 4.18. The van der Waals surface area contributed by atoms with Gasteiger partial charge in [-0.2, -0.15) is 0 Å². The molecular weight excluding hydrogens is 434 g/mol. The Labute approximate surface area is 208 Å². The SMILES string of the molecule is [2H]c1cc(C([2H])([2H])N2CCOCC2=O)c([2H])c([2H])c1C([2H])([2H])Oc1cccc2c1CN(C1CCC(=C)NC1=O)C2=O. The van der Waals surface area contributed by atoms with E-state index in [1.54, 1.807) is 0 Å². The highest BCUT2D eigenvalue weighted by Crippen LogP contribution is 2.34. The molecule has 8 heteroatoms. The summed E-state index contributed by atoms with van der Waals surface area (Å²) in [5.74, 6) is -1.47. The minimum Gasteiger partial charge on any atom is -0.489 e. The Hall–Kier alpha value is -3.65. The van der Waals surface area contributed by atoms with Crippen molar-refractivity contribution in [1.82, 2.24) is 15.1 Å². The van der Waals surface area contributed by atoms with Gasteiger partial charge in [-0.15, -0.1) is 0 Å². The van der Waals surface area contributed by atoms with E-state index in [-0.39, 0.29) is 43.5 Å². The van der Waals surface area contributed by atoms with Crippen molar-refractivity contribution in [1.29, 1.82) is 0 Å². The number of rotatable bonds is 6. The van der Waals surface area contributed by atoms with Crippen LogP contribution in [0.5, 0.6) is 5.75 Å².